The van der Waals surface area contributed by atoms with Crippen LogP contribution in [0.1, 0.15) is 27.7 Å². The smallest absolute Gasteiger partial charge is 0.0230 e. The third-order valence-corrected chi connectivity index (χ3v) is 3.08. The fourth-order valence-electron chi connectivity index (χ4n) is 2.07. The van der Waals surface area contributed by atoms with E-state index in [0.717, 1.165) is 0 Å². The Hall–Kier alpha value is -0.720. The summed E-state index contributed by atoms with van der Waals surface area (Å²) in [4.78, 5) is 2.24. The summed E-state index contributed by atoms with van der Waals surface area (Å²) in [6, 6.07) is 0. The SMILES string of the molecule is CC1=C(C)C(C)C(N(C)C)=C1C. The molecule has 1 aliphatic rings. The molecule has 0 saturated heterocycles. The van der Waals surface area contributed by atoms with Crippen LogP contribution in [0.2, 0.25) is 0 Å². The second-order valence-corrected chi connectivity index (χ2v) is 3.93. The van der Waals surface area contributed by atoms with Crippen molar-refractivity contribution < 1.29 is 0 Å². The molecular weight excluding hydrogens is 146 g/mol. The van der Waals surface area contributed by atoms with Gasteiger partial charge in [-0.3, -0.25) is 0 Å². The first-order valence-electron chi connectivity index (χ1n) is 4.52. The van der Waals surface area contributed by atoms with Crippen LogP contribution < -0.4 is 0 Å². The number of nitrogens with zero attached hydrogens (tertiary/aromatic N) is 1. The lowest BCUT2D eigenvalue weighted by Crippen LogP contribution is -2.16. The molecule has 0 N–H and O–H groups in total. The molecule has 0 heterocycles. The van der Waals surface area contributed by atoms with Crippen molar-refractivity contribution in [2.45, 2.75) is 27.7 Å². The number of allylic oxidation sites excluding steroid dienone is 3. The predicted molar refractivity (Wildman–Crippen MR) is 53.9 cm³/mol. The van der Waals surface area contributed by atoms with Gasteiger partial charge in [-0.1, -0.05) is 12.5 Å². The van der Waals surface area contributed by atoms with E-state index >= 15 is 0 Å². The normalized spacial score (nSPS) is 24.0. The minimum atomic E-state index is 0.611. The lowest BCUT2D eigenvalue weighted by Gasteiger charge is -2.21. The molecule has 68 valence electrons. The fourth-order valence-corrected chi connectivity index (χ4v) is 2.07. The first-order chi connectivity index (χ1) is 5.46. The summed E-state index contributed by atoms with van der Waals surface area (Å²) >= 11 is 0. The van der Waals surface area contributed by atoms with Crippen molar-refractivity contribution in [2.75, 3.05) is 14.1 Å². The maximum Gasteiger partial charge on any atom is 0.0230 e. The lowest BCUT2D eigenvalue weighted by molar-refractivity contribution is 0.457. The summed E-state index contributed by atoms with van der Waals surface area (Å²) in [5.41, 5.74) is 5.94. The first-order valence-corrected chi connectivity index (χ1v) is 4.52. The molecule has 0 amide bonds. The van der Waals surface area contributed by atoms with E-state index in [1.807, 2.05) is 0 Å². The minimum absolute atomic E-state index is 0.611. The maximum absolute atomic E-state index is 2.28. The highest BCUT2D eigenvalue weighted by atomic mass is 15.1. The Morgan fingerprint density at radius 3 is 1.67 bits per heavy atom. The van der Waals surface area contributed by atoms with E-state index in [0.29, 0.717) is 5.92 Å². The summed E-state index contributed by atoms with van der Waals surface area (Å²) in [6.45, 7) is 8.96. The number of rotatable bonds is 1. The zero-order valence-corrected chi connectivity index (χ0v) is 9.02. The van der Waals surface area contributed by atoms with Crippen molar-refractivity contribution in [3.05, 3.63) is 22.4 Å². The van der Waals surface area contributed by atoms with Gasteiger partial charge in [-0.05, 0) is 31.9 Å². The van der Waals surface area contributed by atoms with Gasteiger partial charge in [-0.2, -0.15) is 0 Å². The van der Waals surface area contributed by atoms with Gasteiger partial charge in [0.25, 0.3) is 0 Å². The average molecular weight is 165 g/mol. The van der Waals surface area contributed by atoms with Crippen LogP contribution in [-0.2, 0) is 0 Å². The molecule has 1 atom stereocenters. The Morgan fingerprint density at radius 1 is 1.00 bits per heavy atom. The quantitative estimate of drug-likeness (QED) is 0.577. The van der Waals surface area contributed by atoms with Gasteiger partial charge in [0, 0.05) is 25.7 Å². The lowest BCUT2D eigenvalue weighted by atomic mass is 10.0. The third-order valence-electron chi connectivity index (χ3n) is 3.08. The van der Waals surface area contributed by atoms with E-state index in [9.17, 15) is 0 Å². The highest BCUT2D eigenvalue weighted by Gasteiger charge is 2.24. The van der Waals surface area contributed by atoms with Gasteiger partial charge < -0.3 is 4.90 Å². The van der Waals surface area contributed by atoms with E-state index in [4.69, 9.17) is 0 Å². The Labute approximate surface area is 75.8 Å². The van der Waals surface area contributed by atoms with Gasteiger partial charge >= 0.3 is 0 Å². The van der Waals surface area contributed by atoms with Gasteiger partial charge in [-0.25, -0.2) is 0 Å². The molecule has 0 aromatic carbocycles. The Balaban J connectivity index is 3.09. The van der Waals surface area contributed by atoms with Gasteiger partial charge in [-0.15, -0.1) is 0 Å². The fraction of sp³-hybridized carbons (Fsp3) is 0.636. The van der Waals surface area contributed by atoms with E-state index < -0.39 is 0 Å². The molecule has 0 spiro atoms. The summed E-state index contributed by atoms with van der Waals surface area (Å²) in [5, 5.41) is 0. The molecule has 0 radical (unpaired) electrons. The molecule has 0 aliphatic heterocycles. The summed E-state index contributed by atoms with van der Waals surface area (Å²) in [5.74, 6) is 0.611. The third kappa shape index (κ3) is 1.17. The van der Waals surface area contributed by atoms with E-state index in [1.54, 1.807) is 0 Å². The van der Waals surface area contributed by atoms with E-state index in [1.165, 1.54) is 22.4 Å². The van der Waals surface area contributed by atoms with Crippen LogP contribution in [0.4, 0.5) is 0 Å². The van der Waals surface area contributed by atoms with Crippen LogP contribution in [0.3, 0.4) is 0 Å². The second kappa shape index (κ2) is 2.96. The van der Waals surface area contributed by atoms with Crippen LogP contribution in [0, 0.1) is 5.92 Å². The van der Waals surface area contributed by atoms with Crippen LogP contribution in [0.25, 0.3) is 0 Å². The second-order valence-electron chi connectivity index (χ2n) is 3.93. The van der Waals surface area contributed by atoms with Gasteiger partial charge in [0.2, 0.25) is 0 Å². The Morgan fingerprint density at radius 2 is 1.50 bits per heavy atom. The van der Waals surface area contributed by atoms with Crippen molar-refractivity contribution in [1.82, 2.24) is 4.90 Å². The van der Waals surface area contributed by atoms with Gasteiger partial charge in [0.1, 0.15) is 0 Å². The standard InChI is InChI=1S/C11H19N/c1-7-8(2)10(4)11(9(7)3)12(5)6/h9H,1-6H3. The molecule has 1 aliphatic carbocycles. The highest BCUT2D eigenvalue weighted by molar-refractivity contribution is 5.45. The molecule has 0 aromatic heterocycles. The summed E-state index contributed by atoms with van der Waals surface area (Å²) in [7, 11) is 4.25. The zero-order chi connectivity index (χ0) is 9.46. The molecule has 12 heavy (non-hydrogen) atoms. The van der Waals surface area contributed by atoms with Crippen LogP contribution in [-0.4, -0.2) is 19.0 Å². The van der Waals surface area contributed by atoms with Crippen LogP contribution in [0.5, 0.6) is 0 Å². The molecule has 1 heteroatoms. The molecule has 0 bridgehead atoms. The number of hydrogen-bond acceptors (Lipinski definition) is 1. The Bertz CT molecular complexity index is 256. The number of hydrogen-bond donors (Lipinski definition) is 0. The highest BCUT2D eigenvalue weighted by Crippen LogP contribution is 2.37. The average Bonchev–Trinajstić information content (AvgIpc) is 2.16. The van der Waals surface area contributed by atoms with Crippen molar-refractivity contribution in [1.29, 1.82) is 0 Å². The first kappa shape index (κ1) is 9.37. The summed E-state index contributed by atoms with van der Waals surface area (Å²) < 4.78 is 0. The van der Waals surface area contributed by atoms with Gasteiger partial charge in [0.15, 0.2) is 0 Å². The minimum Gasteiger partial charge on any atom is -0.380 e. The predicted octanol–water partition coefficient (Wildman–Crippen LogP) is 2.81. The topological polar surface area (TPSA) is 3.24 Å². The van der Waals surface area contributed by atoms with Crippen molar-refractivity contribution >= 4 is 0 Å². The molecular formula is C11H19N. The monoisotopic (exact) mass is 165 g/mol. The zero-order valence-electron chi connectivity index (χ0n) is 9.02. The van der Waals surface area contributed by atoms with Crippen molar-refractivity contribution in [2.24, 2.45) is 5.92 Å². The molecule has 1 unspecified atom stereocenters. The Kier molecular flexibility index (Phi) is 2.31. The van der Waals surface area contributed by atoms with Crippen LogP contribution in [0.15, 0.2) is 22.4 Å². The maximum atomic E-state index is 2.28. The van der Waals surface area contributed by atoms with Crippen molar-refractivity contribution in [3.63, 3.8) is 0 Å². The van der Waals surface area contributed by atoms with Gasteiger partial charge in [0.05, 0.1) is 0 Å². The molecule has 0 aromatic rings. The molecule has 1 rings (SSSR count). The van der Waals surface area contributed by atoms with Crippen molar-refractivity contribution in [3.8, 4) is 0 Å². The largest absolute Gasteiger partial charge is 0.380 e. The van der Waals surface area contributed by atoms with E-state index in [2.05, 4.69) is 46.7 Å². The molecule has 0 saturated carbocycles. The molecule has 1 nitrogen and oxygen atoms in total. The molecule has 0 fully saturated rings. The van der Waals surface area contributed by atoms with Crippen LogP contribution >= 0.6 is 0 Å². The van der Waals surface area contributed by atoms with E-state index in [-0.39, 0.29) is 0 Å². The summed E-state index contributed by atoms with van der Waals surface area (Å²) in [6.07, 6.45) is 0.